The van der Waals surface area contributed by atoms with Gasteiger partial charge in [-0.25, -0.2) is 0 Å². The van der Waals surface area contributed by atoms with E-state index < -0.39 is 0 Å². The standard InChI is InChI=1S/C18H23N3OS/c19-17(23)20-15-3-1-2-14(7-15)16(22)21-18-8-11-4-12(9-18)6-13(5-11)10-18/h1-3,7,11-13H,4-6,8-10H2,(H,21,22)(H3,19,20,23). The second-order valence-corrected chi connectivity index (χ2v) is 8.16. The Kier molecular flexibility index (Phi) is 3.56. The highest BCUT2D eigenvalue weighted by molar-refractivity contribution is 7.80. The van der Waals surface area contributed by atoms with Crippen LogP contribution in [0.3, 0.4) is 0 Å². The number of carbonyl (C=O) groups excluding carboxylic acids is 1. The number of rotatable bonds is 3. The number of amides is 1. The van der Waals surface area contributed by atoms with Crippen molar-refractivity contribution in [2.75, 3.05) is 5.32 Å². The average Bonchev–Trinajstić information content (AvgIpc) is 2.44. The van der Waals surface area contributed by atoms with Crippen molar-refractivity contribution in [1.29, 1.82) is 0 Å². The molecule has 1 aromatic rings. The molecule has 0 saturated heterocycles. The molecule has 4 bridgehead atoms. The highest BCUT2D eigenvalue weighted by atomic mass is 32.1. The van der Waals surface area contributed by atoms with Crippen molar-refractivity contribution < 1.29 is 4.79 Å². The van der Waals surface area contributed by atoms with Gasteiger partial charge in [0, 0.05) is 16.8 Å². The first-order valence-electron chi connectivity index (χ1n) is 8.50. The Morgan fingerprint density at radius 2 is 1.74 bits per heavy atom. The lowest BCUT2D eigenvalue weighted by Crippen LogP contribution is -2.59. The quantitative estimate of drug-likeness (QED) is 0.746. The van der Waals surface area contributed by atoms with Crippen molar-refractivity contribution in [2.45, 2.75) is 44.1 Å². The molecule has 122 valence electrons. The van der Waals surface area contributed by atoms with E-state index in [1.54, 1.807) is 0 Å². The van der Waals surface area contributed by atoms with E-state index >= 15 is 0 Å². The highest BCUT2D eigenvalue weighted by Crippen LogP contribution is 2.55. The summed E-state index contributed by atoms with van der Waals surface area (Å²) in [5.41, 5.74) is 6.97. The third-order valence-electron chi connectivity index (χ3n) is 5.81. The van der Waals surface area contributed by atoms with Gasteiger partial charge in [0.2, 0.25) is 0 Å². The van der Waals surface area contributed by atoms with Crippen molar-refractivity contribution in [3.05, 3.63) is 29.8 Å². The molecule has 0 aliphatic heterocycles. The molecule has 1 amide bonds. The largest absolute Gasteiger partial charge is 0.376 e. The van der Waals surface area contributed by atoms with Gasteiger partial charge in [0.05, 0.1) is 0 Å². The van der Waals surface area contributed by atoms with Crippen LogP contribution in [0.15, 0.2) is 24.3 Å². The highest BCUT2D eigenvalue weighted by Gasteiger charge is 2.51. The van der Waals surface area contributed by atoms with Crippen LogP contribution in [-0.2, 0) is 0 Å². The molecule has 0 spiro atoms. The second kappa shape index (κ2) is 5.48. The number of nitrogens with two attached hydrogens (primary N) is 1. The fourth-order valence-electron chi connectivity index (χ4n) is 5.46. The van der Waals surface area contributed by atoms with Crippen molar-refractivity contribution >= 4 is 28.9 Å². The summed E-state index contributed by atoms with van der Waals surface area (Å²) in [5.74, 6) is 2.50. The van der Waals surface area contributed by atoms with Crippen LogP contribution in [0.2, 0.25) is 0 Å². The number of carbonyl (C=O) groups is 1. The Morgan fingerprint density at radius 1 is 1.13 bits per heavy atom. The Bertz CT molecular complexity index is 622. The maximum Gasteiger partial charge on any atom is 0.251 e. The molecule has 0 radical (unpaired) electrons. The minimum Gasteiger partial charge on any atom is -0.376 e. The van der Waals surface area contributed by atoms with Crippen LogP contribution in [0.5, 0.6) is 0 Å². The predicted octanol–water partition coefficient (Wildman–Crippen LogP) is 3.04. The first-order chi connectivity index (χ1) is 11.0. The molecular weight excluding hydrogens is 306 g/mol. The van der Waals surface area contributed by atoms with Crippen LogP contribution in [0.4, 0.5) is 5.69 Å². The molecule has 0 heterocycles. The summed E-state index contributed by atoms with van der Waals surface area (Å²) in [5, 5.41) is 6.49. The summed E-state index contributed by atoms with van der Waals surface area (Å²) in [6, 6.07) is 7.38. The molecule has 0 unspecified atom stereocenters. The van der Waals surface area contributed by atoms with Crippen LogP contribution in [-0.4, -0.2) is 16.6 Å². The molecule has 4 nitrogen and oxygen atoms in total. The lowest BCUT2D eigenvalue weighted by molar-refractivity contribution is -0.0167. The topological polar surface area (TPSA) is 67.1 Å². The van der Waals surface area contributed by atoms with E-state index in [0.29, 0.717) is 5.56 Å². The van der Waals surface area contributed by atoms with E-state index in [2.05, 4.69) is 10.6 Å². The van der Waals surface area contributed by atoms with E-state index in [1.165, 1.54) is 19.3 Å². The number of hydrogen-bond acceptors (Lipinski definition) is 2. The maximum absolute atomic E-state index is 12.8. The number of thiocarbonyl (C=S) groups is 1. The smallest absolute Gasteiger partial charge is 0.251 e. The molecule has 5 rings (SSSR count). The monoisotopic (exact) mass is 329 g/mol. The van der Waals surface area contributed by atoms with Crippen LogP contribution in [0.25, 0.3) is 0 Å². The first-order valence-corrected chi connectivity index (χ1v) is 8.91. The molecule has 23 heavy (non-hydrogen) atoms. The van der Waals surface area contributed by atoms with Gasteiger partial charge in [-0.3, -0.25) is 4.79 Å². The lowest BCUT2D eigenvalue weighted by Gasteiger charge is -2.56. The molecule has 4 fully saturated rings. The molecule has 4 aliphatic carbocycles. The Morgan fingerprint density at radius 3 is 2.30 bits per heavy atom. The van der Waals surface area contributed by atoms with Crippen LogP contribution in [0.1, 0.15) is 48.9 Å². The Balaban J connectivity index is 1.51. The zero-order valence-electron chi connectivity index (χ0n) is 13.2. The normalized spacial score (nSPS) is 34.2. The van der Waals surface area contributed by atoms with E-state index in [-0.39, 0.29) is 16.6 Å². The van der Waals surface area contributed by atoms with Crippen molar-refractivity contribution in [3.63, 3.8) is 0 Å². The average molecular weight is 329 g/mol. The third kappa shape index (κ3) is 2.94. The van der Waals surface area contributed by atoms with Crippen LogP contribution >= 0.6 is 12.2 Å². The Labute approximate surface area is 142 Å². The SMILES string of the molecule is NC(=S)Nc1cccc(C(=O)NC23CC4CC(CC(C4)C2)C3)c1. The Hall–Kier alpha value is -1.62. The molecular formula is C18H23N3OS. The van der Waals surface area contributed by atoms with Gasteiger partial charge in [-0.05, 0) is 86.7 Å². The summed E-state index contributed by atoms with van der Waals surface area (Å²) >= 11 is 4.86. The molecule has 0 atom stereocenters. The number of anilines is 1. The van der Waals surface area contributed by atoms with E-state index in [0.717, 1.165) is 42.7 Å². The van der Waals surface area contributed by atoms with Gasteiger partial charge in [0.1, 0.15) is 0 Å². The van der Waals surface area contributed by atoms with Gasteiger partial charge >= 0.3 is 0 Å². The predicted molar refractivity (Wildman–Crippen MR) is 95.2 cm³/mol. The van der Waals surface area contributed by atoms with Gasteiger partial charge < -0.3 is 16.4 Å². The molecule has 4 N–H and O–H groups in total. The third-order valence-corrected chi connectivity index (χ3v) is 5.91. The summed E-state index contributed by atoms with van der Waals surface area (Å²) in [6.07, 6.45) is 7.62. The lowest BCUT2D eigenvalue weighted by atomic mass is 9.53. The van der Waals surface area contributed by atoms with Crippen LogP contribution in [0, 0.1) is 17.8 Å². The second-order valence-electron chi connectivity index (χ2n) is 7.72. The molecule has 4 saturated carbocycles. The van der Waals surface area contributed by atoms with Crippen molar-refractivity contribution in [1.82, 2.24) is 5.32 Å². The summed E-state index contributed by atoms with van der Waals surface area (Å²) in [4.78, 5) is 12.8. The van der Waals surface area contributed by atoms with Crippen molar-refractivity contribution in [2.24, 2.45) is 23.5 Å². The van der Waals surface area contributed by atoms with E-state index in [4.69, 9.17) is 18.0 Å². The summed E-state index contributed by atoms with van der Waals surface area (Å²) in [7, 11) is 0. The van der Waals surface area contributed by atoms with Gasteiger partial charge in [-0.1, -0.05) is 6.07 Å². The first kappa shape index (κ1) is 14.9. The van der Waals surface area contributed by atoms with Gasteiger partial charge in [0.15, 0.2) is 5.11 Å². The van der Waals surface area contributed by atoms with Gasteiger partial charge in [-0.15, -0.1) is 0 Å². The zero-order chi connectivity index (χ0) is 16.0. The minimum atomic E-state index is 0.0264. The zero-order valence-corrected chi connectivity index (χ0v) is 14.0. The van der Waals surface area contributed by atoms with Gasteiger partial charge in [-0.2, -0.15) is 0 Å². The number of benzene rings is 1. The number of nitrogens with one attached hydrogen (secondary N) is 2. The molecule has 5 heteroatoms. The molecule has 0 aromatic heterocycles. The maximum atomic E-state index is 12.8. The minimum absolute atomic E-state index is 0.0264. The fourth-order valence-corrected chi connectivity index (χ4v) is 5.58. The van der Waals surface area contributed by atoms with Crippen LogP contribution < -0.4 is 16.4 Å². The summed E-state index contributed by atoms with van der Waals surface area (Å²) < 4.78 is 0. The van der Waals surface area contributed by atoms with E-state index in [9.17, 15) is 4.79 Å². The van der Waals surface area contributed by atoms with Gasteiger partial charge in [0.25, 0.3) is 5.91 Å². The molecule has 4 aliphatic rings. The molecule has 1 aromatic carbocycles. The van der Waals surface area contributed by atoms with Crippen molar-refractivity contribution in [3.8, 4) is 0 Å². The van der Waals surface area contributed by atoms with E-state index in [1.807, 2.05) is 24.3 Å². The fraction of sp³-hybridized carbons (Fsp3) is 0.556. The summed E-state index contributed by atoms with van der Waals surface area (Å²) in [6.45, 7) is 0. The number of hydrogen-bond donors (Lipinski definition) is 3.